The molecular formula is C41H41N5. The first kappa shape index (κ1) is 29.7. The van der Waals surface area contributed by atoms with Crippen molar-refractivity contribution in [2.75, 3.05) is 0 Å². The SMILES string of the molecule is CC(C)(C)c1ccc(Cn2c(-c3cccc(-c4nc5ccccc5n4Cc4ccc(C(C)(C)C)cc4)n3)nc3ccccc32)cc1. The molecule has 0 radical (unpaired) electrons. The zero-order valence-electron chi connectivity index (χ0n) is 27.6. The minimum Gasteiger partial charge on any atom is -0.318 e. The zero-order valence-corrected chi connectivity index (χ0v) is 27.6. The van der Waals surface area contributed by atoms with E-state index in [4.69, 9.17) is 15.0 Å². The average Bonchev–Trinajstić information content (AvgIpc) is 3.59. The molecule has 5 nitrogen and oxygen atoms in total. The molecule has 0 N–H and O–H groups in total. The molecule has 0 aliphatic carbocycles. The van der Waals surface area contributed by atoms with Crippen LogP contribution in [0.2, 0.25) is 0 Å². The van der Waals surface area contributed by atoms with Gasteiger partial charge < -0.3 is 9.13 Å². The van der Waals surface area contributed by atoms with Crippen LogP contribution in [0.3, 0.4) is 0 Å². The van der Waals surface area contributed by atoms with E-state index in [-0.39, 0.29) is 10.8 Å². The fourth-order valence-electron chi connectivity index (χ4n) is 6.13. The summed E-state index contributed by atoms with van der Waals surface area (Å²) in [5.74, 6) is 1.70. The summed E-state index contributed by atoms with van der Waals surface area (Å²) >= 11 is 0. The van der Waals surface area contributed by atoms with Gasteiger partial charge >= 0.3 is 0 Å². The standard InChI is InChI=1S/C41H41N5/c1-40(2,3)30-22-18-28(19-23-30)26-45-36-16-9-7-12-32(36)43-38(45)34-14-11-15-35(42-34)39-44-33-13-8-10-17-37(33)46(39)27-29-20-24-31(25-21-29)41(4,5)6/h7-25H,26-27H2,1-6H3. The fourth-order valence-corrected chi connectivity index (χ4v) is 6.13. The molecule has 7 rings (SSSR count). The van der Waals surface area contributed by atoms with E-state index in [1.807, 2.05) is 12.1 Å². The van der Waals surface area contributed by atoms with Crippen LogP contribution in [0.4, 0.5) is 0 Å². The maximum atomic E-state index is 5.23. The summed E-state index contributed by atoms with van der Waals surface area (Å²) in [6, 6.07) is 40.8. The number of fused-ring (bicyclic) bond motifs is 2. The fraction of sp³-hybridized carbons (Fsp3) is 0.244. The Morgan fingerprint density at radius 2 is 0.826 bits per heavy atom. The second kappa shape index (κ2) is 11.4. The largest absolute Gasteiger partial charge is 0.318 e. The Balaban J connectivity index is 1.30. The van der Waals surface area contributed by atoms with Crippen molar-refractivity contribution in [2.24, 2.45) is 0 Å². The van der Waals surface area contributed by atoms with Gasteiger partial charge in [-0.3, -0.25) is 0 Å². The highest BCUT2D eigenvalue weighted by atomic mass is 15.1. The first-order valence-corrected chi connectivity index (χ1v) is 16.1. The molecule has 0 unspecified atom stereocenters. The molecule has 3 aromatic heterocycles. The number of imidazole rings is 2. The summed E-state index contributed by atoms with van der Waals surface area (Å²) in [6.07, 6.45) is 0. The quantitative estimate of drug-likeness (QED) is 0.190. The van der Waals surface area contributed by atoms with E-state index in [0.29, 0.717) is 13.1 Å². The Hall–Kier alpha value is -5.03. The number of nitrogens with zero attached hydrogens (tertiary/aromatic N) is 5. The second-order valence-corrected chi connectivity index (χ2v) is 14.3. The Kier molecular flexibility index (Phi) is 7.35. The van der Waals surface area contributed by atoms with Gasteiger partial charge in [0.15, 0.2) is 11.6 Å². The van der Waals surface area contributed by atoms with E-state index < -0.39 is 0 Å². The van der Waals surface area contributed by atoms with Gasteiger partial charge in [-0.1, -0.05) is 120 Å². The molecule has 0 bridgehead atoms. The highest BCUT2D eigenvalue weighted by Crippen LogP contribution is 2.30. The average molecular weight is 604 g/mol. The van der Waals surface area contributed by atoms with E-state index in [1.54, 1.807) is 0 Å². The van der Waals surface area contributed by atoms with Gasteiger partial charge in [-0.05, 0) is 69.5 Å². The molecule has 5 heteroatoms. The van der Waals surface area contributed by atoms with E-state index in [0.717, 1.165) is 45.1 Å². The maximum absolute atomic E-state index is 5.23. The Morgan fingerprint density at radius 3 is 1.22 bits per heavy atom. The number of para-hydroxylation sites is 4. The second-order valence-electron chi connectivity index (χ2n) is 14.3. The lowest BCUT2D eigenvalue weighted by molar-refractivity contribution is 0.589. The van der Waals surface area contributed by atoms with Gasteiger partial charge in [0.25, 0.3) is 0 Å². The van der Waals surface area contributed by atoms with E-state index in [2.05, 4.69) is 154 Å². The molecule has 7 aromatic rings. The lowest BCUT2D eigenvalue weighted by Gasteiger charge is -2.19. The van der Waals surface area contributed by atoms with Crippen LogP contribution in [0.5, 0.6) is 0 Å². The van der Waals surface area contributed by atoms with Gasteiger partial charge in [-0.15, -0.1) is 0 Å². The molecule has 4 aromatic carbocycles. The number of hydrogen-bond acceptors (Lipinski definition) is 3. The van der Waals surface area contributed by atoms with Crippen LogP contribution in [0.25, 0.3) is 45.1 Å². The number of benzene rings is 4. The summed E-state index contributed by atoms with van der Waals surface area (Å²) in [5.41, 5.74) is 11.1. The molecule has 46 heavy (non-hydrogen) atoms. The predicted octanol–water partition coefficient (Wildman–Crippen LogP) is 9.81. The van der Waals surface area contributed by atoms with E-state index >= 15 is 0 Å². The first-order chi connectivity index (χ1) is 22.0. The van der Waals surface area contributed by atoms with Gasteiger partial charge in [0.05, 0.1) is 22.1 Å². The Morgan fingerprint density at radius 1 is 0.435 bits per heavy atom. The summed E-state index contributed by atoms with van der Waals surface area (Å²) in [7, 11) is 0. The van der Waals surface area contributed by atoms with Crippen molar-refractivity contribution in [3.63, 3.8) is 0 Å². The van der Waals surface area contributed by atoms with Crippen molar-refractivity contribution in [1.29, 1.82) is 0 Å². The van der Waals surface area contributed by atoms with Gasteiger partial charge in [0, 0.05) is 13.1 Å². The molecule has 0 saturated heterocycles. The minimum atomic E-state index is 0.113. The third-order valence-corrected chi connectivity index (χ3v) is 8.84. The first-order valence-electron chi connectivity index (χ1n) is 16.1. The topological polar surface area (TPSA) is 48.5 Å². The van der Waals surface area contributed by atoms with Gasteiger partial charge in [-0.2, -0.15) is 0 Å². The van der Waals surface area contributed by atoms with Crippen molar-refractivity contribution in [3.8, 4) is 23.0 Å². The molecule has 0 fully saturated rings. The maximum Gasteiger partial charge on any atom is 0.160 e. The van der Waals surface area contributed by atoms with Crippen LogP contribution in [-0.2, 0) is 23.9 Å². The van der Waals surface area contributed by atoms with Crippen LogP contribution in [-0.4, -0.2) is 24.1 Å². The molecule has 3 heterocycles. The smallest absolute Gasteiger partial charge is 0.160 e. The lowest BCUT2D eigenvalue weighted by Crippen LogP contribution is -2.11. The third-order valence-electron chi connectivity index (χ3n) is 8.84. The van der Waals surface area contributed by atoms with Crippen molar-refractivity contribution in [1.82, 2.24) is 24.1 Å². The highest BCUT2D eigenvalue weighted by Gasteiger charge is 2.20. The van der Waals surface area contributed by atoms with Crippen molar-refractivity contribution >= 4 is 22.1 Å². The number of rotatable bonds is 6. The third kappa shape index (κ3) is 5.74. The van der Waals surface area contributed by atoms with Crippen LogP contribution < -0.4 is 0 Å². The Labute approximate surface area is 271 Å². The summed E-state index contributed by atoms with van der Waals surface area (Å²) in [5, 5.41) is 0. The molecule has 0 aliphatic rings. The van der Waals surface area contributed by atoms with Crippen molar-refractivity contribution in [3.05, 3.63) is 138 Å². The van der Waals surface area contributed by atoms with Crippen molar-refractivity contribution < 1.29 is 0 Å². The van der Waals surface area contributed by atoms with Gasteiger partial charge in [0.1, 0.15) is 11.4 Å². The zero-order chi connectivity index (χ0) is 32.1. The van der Waals surface area contributed by atoms with Crippen LogP contribution in [0.15, 0.2) is 115 Å². The van der Waals surface area contributed by atoms with E-state index in [1.165, 1.54) is 22.3 Å². The van der Waals surface area contributed by atoms with Crippen LogP contribution >= 0.6 is 0 Å². The van der Waals surface area contributed by atoms with Crippen LogP contribution in [0, 0.1) is 0 Å². The summed E-state index contributed by atoms with van der Waals surface area (Å²) < 4.78 is 4.57. The monoisotopic (exact) mass is 603 g/mol. The molecule has 230 valence electrons. The molecule has 0 amide bonds. The van der Waals surface area contributed by atoms with Gasteiger partial charge in [0.2, 0.25) is 0 Å². The lowest BCUT2D eigenvalue weighted by atomic mass is 9.87. The van der Waals surface area contributed by atoms with Crippen LogP contribution in [0.1, 0.15) is 63.8 Å². The normalized spacial score (nSPS) is 12.3. The molecule has 0 saturated carbocycles. The van der Waals surface area contributed by atoms with Gasteiger partial charge in [-0.25, -0.2) is 15.0 Å². The number of aromatic nitrogens is 5. The molecule has 0 spiro atoms. The Bertz CT molecular complexity index is 2000. The number of pyridine rings is 1. The summed E-state index contributed by atoms with van der Waals surface area (Å²) in [4.78, 5) is 15.4. The molecular weight excluding hydrogens is 562 g/mol. The number of hydrogen-bond donors (Lipinski definition) is 0. The highest BCUT2D eigenvalue weighted by molar-refractivity contribution is 5.82. The van der Waals surface area contributed by atoms with Crippen molar-refractivity contribution in [2.45, 2.75) is 65.5 Å². The molecule has 0 aliphatic heterocycles. The predicted molar refractivity (Wildman–Crippen MR) is 190 cm³/mol. The summed E-state index contributed by atoms with van der Waals surface area (Å²) in [6.45, 7) is 14.9. The minimum absolute atomic E-state index is 0.113. The van der Waals surface area contributed by atoms with E-state index in [9.17, 15) is 0 Å². The molecule has 0 atom stereocenters.